The molecule has 3 N–H and O–H groups in total. The van der Waals surface area contributed by atoms with Gasteiger partial charge in [0.05, 0.1) is 11.3 Å². The summed E-state index contributed by atoms with van der Waals surface area (Å²) < 4.78 is 27.8. The lowest BCUT2D eigenvalue weighted by Crippen LogP contribution is -2.39. The molecule has 106 valence electrons. The number of nitrogens with zero attached hydrogens (tertiary/aromatic N) is 1. The standard InChI is InChI=1S/C13H18F2N2OS/c1-4-17(7-13(2,3)18)9-6-5-8(12(16)19)10(14)11(9)15/h5-6,18H,4,7H2,1-3H3,(H2,16,19). The number of likely N-dealkylation sites (N-methyl/N-ethyl adjacent to an activating group) is 1. The van der Waals surface area contributed by atoms with Crippen molar-refractivity contribution >= 4 is 22.9 Å². The number of benzene rings is 1. The quantitative estimate of drug-likeness (QED) is 0.816. The van der Waals surface area contributed by atoms with Crippen LogP contribution in [0, 0.1) is 11.6 Å². The van der Waals surface area contributed by atoms with Gasteiger partial charge in [-0.2, -0.15) is 0 Å². The minimum Gasteiger partial charge on any atom is -0.389 e. The van der Waals surface area contributed by atoms with Gasteiger partial charge in [-0.15, -0.1) is 0 Å². The van der Waals surface area contributed by atoms with E-state index in [1.54, 1.807) is 25.7 Å². The van der Waals surface area contributed by atoms with Crippen molar-refractivity contribution in [3.8, 4) is 0 Å². The molecule has 0 bridgehead atoms. The van der Waals surface area contributed by atoms with Crippen molar-refractivity contribution < 1.29 is 13.9 Å². The number of aliphatic hydroxyl groups is 1. The molecule has 1 aromatic rings. The van der Waals surface area contributed by atoms with Gasteiger partial charge < -0.3 is 15.7 Å². The highest BCUT2D eigenvalue weighted by molar-refractivity contribution is 7.80. The third-order valence-electron chi connectivity index (χ3n) is 2.63. The maximum atomic E-state index is 14.0. The molecule has 0 aromatic heterocycles. The average molecular weight is 288 g/mol. The Labute approximate surface area is 117 Å². The molecule has 0 spiro atoms. The van der Waals surface area contributed by atoms with E-state index in [1.807, 2.05) is 0 Å². The Bertz CT molecular complexity index is 486. The number of halogens is 2. The summed E-state index contributed by atoms with van der Waals surface area (Å²) in [5.74, 6) is -2.06. The molecule has 0 amide bonds. The van der Waals surface area contributed by atoms with Crippen molar-refractivity contribution in [1.29, 1.82) is 0 Å². The third-order valence-corrected chi connectivity index (χ3v) is 2.85. The third kappa shape index (κ3) is 3.84. The molecule has 0 heterocycles. The minimum absolute atomic E-state index is 0.0853. The Balaban J connectivity index is 3.20. The van der Waals surface area contributed by atoms with Crippen molar-refractivity contribution in [2.45, 2.75) is 26.4 Å². The second-order valence-corrected chi connectivity index (χ2v) is 5.39. The molecule has 1 aromatic carbocycles. The van der Waals surface area contributed by atoms with Crippen LogP contribution in [0.2, 0.25) is 0 Å². The Morgan fingerprint density at radius 1 is 1.37 bits per heavy atom. The summed E-state index contributed by atoms with van der Waals surface area (Å²) in [5, 5.41) is 9.78. The molecular formula is C13H18F2N2OS. The molecule has 0 saturated carbocycles. The average Bonchev–Trinajstić information content (AvgIpc) is 2.28. The normalized spacial score (nSPS) is 11.5. The van der Waals surface area contributed by atoms with E-state index >= 15 is 0 Å². The van der Waals surface area contributed by atoms with Gasteiger partial charge in [-0.3, -0.25) is 0 Å². The SMILES string of the molecule is CCN(CC(C)(C)O)c1ccc(C(N)=S)c(F)c1F. The molecular weight excluding hydrogens is 270 g/mol. The van der Waals surface area contributed by atoms with Crippen LogP contribution >= 0.6 is 12.2 Å². The summed E-state index contributed by atoms with van der Waals surface area (Å²) in [7, 11) is 0. The molecule has 0 aliphatic heterocycles. The number of rotatable bonds is 5. The number of hydrogen-bond acceptors (Lipinski definition) is 3. The van der Waals surface area contributed by atoms with Gasteiger partial charge in [-0.1, -0.05) is 12.2 Å². The summed E-state index contributed by atoms with van der Waals surface area (Å²) in [5.41, 5.74) is 4.27. The first-order chi connectivity index (χ1) is 8.67. The highest BCUT2D eigenvalue weighted by atomic mass is 32.1. The van der Waals surface area contributed by atoms with Crippen LogP contribution in [0.3, 0.4) is 0 Å². The van der Waals surface area contributed by atoms with Gasteiger partial charge in [0.2, 0.25) is 0 Å². The lowest BCUT2D eigenvalue weighted by molar-refractivity contribution is 0.0874. The van der Waals surface area contributed by atoms with Gasteiger partial charge in [0.15, 0.2) is 11.6 Å². The molecule has 1 rings (SSSR count). The Morgan fingerprint density at radius 2 is 1.95 bits per heavy atom. The van der Waals surface area contributed by atoms with Gasteiger partial charge in [-0.25, -0.2) is 8.78 Å². The van der Waals surface area contributed by atoms with E-state index in [-0.39, 0.29) is 22.8 Å². The van der Waals surface area contributed by atoms with Crippen molar-refractivity contribution in [2.75, 3.05) is 18.0 Å². The predicted octanol–water partition coefficient (Wildman–Crippen LogP) is 2.20. The Morgan fingerprint density at radius 3 is 2.37 bits per heavy atom. The molecule has 0 aliphatic carbocycles. The zero-order valence-electron chi connectivity index (χ0n) is 11.2. The Hall–Kier alpha value is -1.27. The number of nitrogens with two attached hydrogens (primary N) is 1. The zero-order chi connectivity index (χ0) is 14.8. The van der Waals surface area contributed by atoms with Gasteiger partial charge in [0.1, 0.15) is 4.99 Å². The van der Waals surface area contributed by atoms with Crippen LogP contribution in [0.25, 0.3) is 0 Å². The van der Waals surface area contributed by atoms with E-state index < -0.39 is 17.2 Å². The molecule has 6 heteroatoms. The summed E-state index contributed by atoms with van der Waals surface area (Å²) in [6, 6.07) is 2.77. The lowest BCUT2D eigenvalue weighted by Gasteiger charge is -2.30. The molecule has 0 radical (unpaired) electrons. The van der Waals surface area contributed by atoms with E-state index in [0.29, 0.717) is 6.54 Å². The van der Waals surface area contributed by atoms with E-state index in [2.05, 4.69) is 12.2 Å². The minimum atomic E-state index is -1.06. The summed E-state index contributed by atoms with van der Waals surface area (Å²) >= 11 is 4.65. The second-order valence-electron chi connectivity index (χ2n) is 4.95. The topological polar surface area (TPSA) is 49.5 Å². The summed E-state index contributed by atoms with van der Waals surface area (Å²) in [6.45, 7) is 5.63. The van der Waals surface area contributed by atoms with Crippen LogP contribution in [0.15, 0.2) is 12.1 Å². The van der Waals surface area contributed by atoms with E-state index in [1.165, 1.54) is 12.1 Å². The number of thiocarbonyl (C=S) groups is 1. The summed E-state index contributed by atoms with van der Waals surface area (Å²) in [4.78, 5) is 1.37. The largest absolute Gasteiger partial charge is 0.389 e. The smallest absolute Gasteiger partial charge is 0.182 e. The van der Waals surface area contributed by atoms with E-state index in [4.69, 9.17) is 5.73 Å². The first kappa shape index (κ1) is 15.8. The highest BCUT2D eigenvalue weighted by Gasteiger charge is 2.23. The molecule has 0 aliphatic rings. The van der Waals surface area contributed by atoms with Gasteiger partial charge >= 0.3 is 0 Å². The van der Waals surface area contributed by atoms with E-state index in [9.17, 15) is 13.9 Å². The first-order valence-corrected chi connectivity index (χ1v) is 6.33. The van der Waals surface area contributed by atoms with Crippen molar-refractivity contribution in [3.63, 3.8) is 0 Å². The zero-order valence-corrected chi connectivity index (χ0v) is 12.0. The Kier molecular flexibility index (Phi) is 4.81. The molecule has 3 nitrogen and oxygen atoms in total. The second kappa shape index (κ2) is 5.79. The lowest BCUT2D eigenvalue weighted by atomic mass is 10.1. The van der Waals surface area contributed by atoms with Gasteiger partial charge in [-0.05, 0) is 32.9 Å². The van der Waals surface area contributed by atoms with Crippen LogP contribution < -0.4 is 10.6 Å². The van der Waals surface area contributed by atoms with Crippen LogP contribution in [0.5, 0.6) is 0 Å². The molecule has 0 fully saturated rings. The fourth-order valence-electron chi connectivity index (χ4n) is 1.81. The highest BCUT2D eigenvalue weighted by Crippen LogP contribution is 2.25. The fraction of sp³-hybridized carbons (Fsp3) is 0.462. The first-order valence-electron chi connectivity index (χ1n) is 5.92. The van der Waals surface area contributed by atoms with Gasteiger partial charge in [0.25, 0.3) is 0 Å². The van der Waals surface area contributed by atoms with Crippen LogP contribution in [-0.2, 0) is 0 Å². The number of anilines is 1. The van der Waals surface area contributed by atoms with Crippen molar-refractivity contribution in [1.82, 2.24) is 0 Å². The molecule has 0 saturated heterocycles. The van der Waals surface area contributed by atoms with Crippen LogP contribution in [0.1, 0.15) is 26.3 Å². The maximum absolute atomic E-state index is 14.0. The predicted molar refractivity (Wildman–Crippen MR) is 76.4 cm³/mol. The summed E-state index contributed by atoms with van der Waals surface area (Å²) in [6.07, 6.45) is 0. The molecule has 0 atom stereocenters. The maximum Gasteiger partial charge on any atom is 0.182 e. The molecule has 0 unspecified atom stereocenters. The van der Waals surface area contributed by atoms with Crippen LogP contribution in [-0.4, -0.2) is 28.8 Å². The number of hydrogen-bond donors (Lipinski definition) is 2. The monoisotopic (exact) mass is 288 g/mol. The van der Waals surface area contributed by atoms with Crippen LogP contribution in [0.4, 0.5) is 14.5 Å². The van der Waals surface area contributed by atoms with E-state index in [0.717, 1.165) is 0 Å². The van der Waals surface area contributed by atoms with Crippen molar-refractivity contribution in [3.05, 3.63) is 29.3 Å². The molecule has 19 heavy (non-hydrogen) atoms. The van der Waals surface area contributed by atoms with Crippen molar-refractivity contribution in [2.24, 2.45) is 5.73 Å². The fourth-order valence-corrected chi connectivity index (χ4v) is 1.97. The van der Waals surface area contributed by atoms with Gasteiger partial charge in [0, 0.05) is 18.7 Å².